The van der Waals surface area contributed by atoms with Gasteiger partial charge in [-0.25, -0.2) is 8.78 Å². The molecule has 1 atom stereocenters. The molecule has 4 nitrogen and oxygen atoms in total. The number of alkyl halides is 3. The van der Waals surface area contributed by atoms with E-state index in [-0.39, 0.29) is 5.69 Å². The SMILES string of the molecule is NC(=NCC(O)C(F)(F)F)Nc1cc(F)ccc1F. The first kappa shape index (κ1) is 15.2. The van der Waals surface area contributed by atoms with Gasteiger partial charge < -0.3 is 16.2 Å². The summed E-state index contributed by atoms with van der Waals surface area (Å²) >= 11 is 0. The number of nitrogens with zero attached hydrogens (tertiary/aromatic N) is 1. The zero-order valence-corrected chi connectivity index (χ0v) is 9.38. The maximum Gasteiger partial charge on any atom is 0.416 e. The van der Waals surface area contributed by atoms with Crippen LogP contribution in [-0.2, 0) is 0 Å². The fourth-order valence-electron chi connectivity index (χ4n) is 1.06. The van der Waals surface area contributed by atoms with Crippen molar-refractivity contribution in [3.05, 3.63) is 29.8 Å². The summed E-state index contributed by atoms with van der Waals surface area (Å²) in [5.41, 5.74) is 4.82. The molecule has 0 spiro atoms. The minimum Gasteiger partial charge on any atom is -0.382 e. The third-order valence-electron chi connectivity index (χ3n) is 2.00. The van der Waals surface area contributed by atoms with Crippen LogP contribution in [-0.4, -0.2) is 29.9 Å². The summed E-state index contributed by atoms with van der Waals surface area (Å²) in [7, 11) is 0. The van der Waals surface area contributed by atoms with Crippen molar-refractivity contribution >= 4 is 11.6 Å². The van der Waals surface area contributed by atoms with Crippen molar-refractivity contribution < 1.29 is 27.1 Å². The molecule has 0 amide bonds. The average Bonchev–Trinajstić information content (AvgIpc) is 2.29. The van der Waals surface area contributed by atoms with Gasteiger partial charge in [0, 0.05) is 6.07 Å². The molecular weight excluding hydrogens is 273 g/mol. The van der Waals surface area contributed by atoms with Gasteiger partial charge in [0.15, 0.2) is 12.1 Å². The highest BCUT2D eigenvalue weighted by Gasteiger charge is 2.37. The van der Waals surface area contributed by atoms with Crippen LogP contribution in [0.4, 0.5) is 27.6 Å². The number of aliphatic hydroxyl groups excluding tert-OH is 1. The van der Waals surface area contributed by atoms with Crippen LogP contribution in [0, 0.1) is 11.6 Å². The van der Waals surface area contributed by atoms with E-state index in [2.05, 4.69) is 10.3 Å². The molecule has 19 heavy (non-hydrogen) atoms. The highest BCUT2D eigenvalue weighted by molar-refractivity contribution is 5.92. The Morgan fingerprint density at radius 2 is 2.00 bits per heavy atom. The number of hydrogen-bond donors (Lipinski definition) is 3. The lowest BCUT2D eigenvalue weighted by molar-refractivity contribution is -0.199. The second-order valence-electron chi connectivity index (χ2n) is 3.53. The van der Waals surface area contributed by atoms with E-state index < -0.39 is 36.4 Å². The third kappa shape index (κ3) is 4.70. The largest absolute Gasteiger partial charge is 0.416 e. The van der Waals surface area contributed by atoms with Crippen molar-refractivity contribution in [2.24, 2.45) is 10.7 Å². The van der Waals surface area contributed by atoms with E-state index in [9.17, 15) is 22.0 Å². The fourth-order valence-corrected chi connectivity index (χ4v) is 1.06. The summed E-state index contributed by atoms with van der Waals surface area (Å²) in [5.74, 6) is -2.18. The molecule has 0 aliphatic heterocycles. The minimum absolute atomic E-state index is 0.372. The molecule has 0 aromatic heterocycles. The maximum absolute atomic E-state index is 13.1. The molecular formula is C10H10F5N3O. The Morgan fingerprint density at radius 3 is 2.58 bits per heavy atom. The quantitative estimate of drug-likeness (QED) is 0.448. The van der Waals surface area contributed by atoms with E-state index in [1.807, 2.05) is 0 Å². The molecule has 1 aromatic carbocycles. The molecule has 1 aromatic rings. The van der Waals surface area contributed by atoms with E-state index >= 15 is 0 Å². The number of hydrogen-bond acceptors (Lipinski definition) is 2. The van der Waals surface area contributed by atoms with Crippen LogP contribution in [0.15, 0.2) is 23.2 Å². The predicted octanol–water partition coefficient (Wildman–Crippen LogP) is 1.61. The summed E-state index contributed by atoms with van der Waals surface area (Å²) in [6.07, 6.45) is -7.50. The summed E-state index contributed by atoms with van der Waals surface area (Å²) in [4.78, 5) is 3.18. The summed E-state index contributed by atoms with van der Waals surface area (Å²) in [5, 5.41) is 10.7. The van der Waals surface area contributed by atoms with Gasteiger partial charge in [-0.05, 0) is 12.1 Å². The van der Waals surface area contributed by atoms with E-state index in [1.165, 1.54) is 0 Å². The van der Waals surface area contributed by atoms with Gasteiger partial charge in [0.05, 0.1) is 12.2 Å². The minimum atomic E-state index is -4.83. The lowest BCUT2D eigenvalue weighted by Gasteiger charge is -2.12. The molecule has 0 saturated heterocycles. The highest BCUT2D eigenvalue weighted by Crippen LogP contribution is 2.20. The zero-order chi connectivity index (χ0) is 14.6. The Labute approximate surface area is 104 Å². The first-order valence-electron chi connectivity index (χ1n) is 4.97. The van der Waals surface area contributed by atoms with Crippen molar-refractivity contribution in [1.82, 2.24) is 0 Å². The molecule has 0 radical (unpaired) electrons. The van der Waals surface area contributed by atoms with Gasteiger partial charge in [0.1, 0.15) is 11.6 Å². The number of nitrogens with two attached hydrogens (primary N) is 1. The molecule has 0 aliphatic rings. The van der Waals surface area contributed by atoms with Crippen molar-refractivity contribution in [3.8, 4) is 0 Å². The normalized spacial score (nSPS) is 14.3. The van der Waals surface area contributed by atoms with E-state index in [4.69, 9.17) is 10.8 Å². The van der Waals surface area contributed by atoms with Gasteiger partial charge >= 0.3 is 6.18 Å². The third-order valence-corrected chi connectivity index (χ3v) is 2.00. The van der Waals surface area contributed by atoms with Crippen LogP contribution in [0.3, 0.4) is 0 Å². The van der Waals surface area contributed by atoms with Crippen molar-refractivity contribution in [1.29, 1.82) is 0 Å². The number of nitrogens with one attached hydrogen (secondary N) is 1. The Bertz CT molecular complexity index is 475. The molecule has 106 valence electrons. The van der Waals surface area contributed by atoms with Crippen LogP contribution in [0.1, 0.15) is 0 Å². The molecule has 0 aliphatic carbocycles. The first-order chi connectivity index (χ1) is 8.70. The maximum atomic E-state index is 13.1. The Morgan fingerprint density at radius 1 is 1.37 bits per heavy atom. The lowest BCUT2D eigenvalue weighted by atomic mass is 10.3. The van der Waals surface area contributed by atoms with Gasteiger partial charge in [-0.1, -0.05) is 0 Å². The summed E-state index contributed by atoms with van der Waals surface area (Å²) in [6, 6.07) is 2.44. The van der Waals surface area contributed by atoms with Gasteiger partial charge in [-0.15, -0.1) is 0 Å². The van der Waals surface area contributed by atoms with Gasteiger partial charge in [-0.2, -0.15) is 13.2 Å². The Kier molecular flexibility index (Phi) is 4.65. The first-order valence-corrected chi connectivity index (χ1v) is 4.97. The van der Waals surface area contributed by atoms with E-state index in [0.29, 0.717) is 0 Å². The Hall–Kier alpha value is -1.90. The molecule has 0 bridgehead atoms. The predicted molar refractivity (Wildman–Crippen MR) is 58.5 cm³/mol. The van der Waals surface area contributed by atoms with Crippen LogP contribution >= 0.6 is 0 Å². The number of halogens is 5. The molecule has 1 unspecified atom stereocenters. The van der Waals surface area contributed by atoms with Crippen molar-refractivity contribution in [2.75, 3.05) is 11.9 Å². The topological polar surface area (TPSA) is 70.6 Å². The van der Waals surface area contributed by atoms with Crippen LogP contribution < -0.4 is 11.1 Å². The van der Waals surface area contributed by atoms with Crippen molar-refractivity contribution in [3.63, 3.8) is 0 Å². The highest BCUT2D eigenvalue weighted by atomic mass is 19.4. The standard InChI is InChI=1S/C10H10F5N3O/c11-5-1-2-6(12)7(3-5)18-9(16)17-4-8(19)10(13,14)15/h1-3,8,19H,4H2,(H3,16,17,18). The van der Waals surface area contributed by atoms with Crippen LogP contribution in [0.25, 0.3) is 0 Å². The lowest BCUT2D eigenvalue weighted by Crippen LogP contribution is -2.33. The van der Waals surface area contributed by atoms with Crippen LogP contribution in [0.2, 0.25) is 0 Å². The molecule has 9 heteroatoms. The molecule has 1 rings (SSSR count). The molecule has 0 heterocycles. The number of aliphatic imine (C=N–C) groups is 1. The number of anilines is 1. The molecule has 0 fully saturated rings. The Balaban J connectivity index is 2.69. The number of guanidine groups is 1. The zero-order valence-electron chi connectivity index (χ0n) is 9.38. The number of benzene rings is 1. The number of rotatable bonds is 3. The van der Waals surface area contributed by atoms with Gasteiger partial charge in [-0.3, -0.25) is 4.99 Å². The molecule has 0 saturated carbocycles. The number of aliphatic hydroxyl groups is 1. The van der Waals surface area contributed by atoms with E-state index in [0.717, 1.165) is 18.2 Å². The second kappa shape index (κ2) is 5.83. The van der Waals surface area contributed by atoms with Crippen molar-refractivity contribution in [2.45, 2.75) is 12.3 Å². The monoisotopic (exact) mass is 283 g/mol. The average molecular weight is 283 g/mol. The fraction of sp³-hybridized carbons (Fsp3) is 0.300. The van der Waals surface area contributed by atoms with Gasteiger partial charge in [0.2, 0.25) is 0 Å². The summed E-state index contributed by atoms with van der Waals surface area (Å²) in [6.45, 7) is -1.04. The second-order valence-corrected chi connectivity index (χ2v) is 3.53. The van der Waals surface area contributed by atoms with Gasteiger partial charge in [0.25, 0.3) is 0 Å². The van der Waals surface area contributed by atoms with E-state index in [1.54, 1.807) is 0 Å². The summed E-state index contributed by atoms with van der Waals surface area (Å²) < 4.78 is 61.8. The van der Waals surface area contributed by atoms with Crippen LogP contribution in [0.5, 0.6) is 0 Å². The smallest absolute Gasteiger partial charge is 0.382 e. The molecule has 4 N–H and O–H groups in total.